The average Bonchev–Trinajstić information content (AvgIpc) is 2.57. The van der Waals surface area contributed by atoms with Gasteiger partial charge in [0, 0.05) is 24.4 Å². The average molecular weight is 333 g/mol. The Morgan fingerprint density at radius 3 is 2.35 bits per heavy atom. The number of ether oxygens (including phenoxy) is 1. The highest BCUT2D eigenvalue weighted by Gasteiger charge is 2.06. The zero-order valence-electron chi connectivity index (χ0n) is 14.0. The number of hydrogen-bond acceptors (Lipinski definition) is 3. The minimum atomic E-state index is 0.630. The van der Waals surface area contributed by atoms with Gasteiger partial charge in [-0.1, -0.05) is 50.8 Å². The fourth-order valence-corrected chi connectivity index (χ4v) is 2.53. The third-order valence-electron chi connectivity index (χ3n) is 3.73. The quantitative estimate of drug-likeness (QED) is 0.552. The Hall–Kier alpha value is -1.61. The van der Waals surface area contributed by atoms with E-state index >= 15 is 0 Å². The molecular formula is C19H25ClN2O. The van der Waals surface area contributed by atoms with E-state index in [1.807, 2.05) is 30.6 Å². The second kappa shape index (κ2) is 9.51. The molecule has 0 aliphatic heterocycles. The van der Waals surface area contributed by atoms with Crippen molar-refractivity contribution in [3.8, 4) is 16.9 Å². The normalized spacial score (nSPS) is 10.7. The second-order valence-electron chi connectivity index (χ2n) is 5.69. The van der Waals surface area contributed by atoms with Crippen molar-refractivity contribution in [1.29, 1.82) is 0 Å². The Balaban J connectivity index is 2.02. The van der Waals surface area contributed by atoms with Gasteiger partial charge in [-0.25, -0.2) is 9.97 Å². The lowest BCUT2D eigenvalue weighted by atomic mass is 10.1. The van der Waals surface area contributed by atoms with E-state index in [1.165, 1.54) is 12.8 Å². The molecule has 124 valence electrons. The molecule has 0 aliphatic rings. The molecule has 0 atom stereocenters. The predicted molar refractivity (Wildman–Crippen MR) is 96.1 cm³/mol. The van der Waals surface area contributed by atoms with Gasteiger partial charge in [0.2, 0.25) is 0 Å². The van der Waals surface area contributed by atoms with E-state index in [4.69, 9.17) is 16.3 Å². The zero-order chi connectivity index (χ0) is 16.5. The maximum atomic E-state index is 6.31. The third kappa shape index (κ3) is 5.51. The molecular weight excluding hydrogens is 308 g/mol. The van der Waals surface area contributed by atoms with Crippen molar-refractivity contribution in [2.45, 2.75) is 52.4 Å². The van der Waals surface area contributed by atoms with Gasteiger partial charge in [0.05, 0.1) is 11.6 Å². The number of aryl methyl sites for hydroxylation is 1. The molecule has 0 saturated carbocycles. The molecule has 0 amide bonds. The summed E-state index contributed by atoms with van der Waals surface area (Å²) >= 11 is 6.31. The van der Waals surface area contributed by atoms with Gasteiger partial charge in [-0.2, -0.15) is 0 Å². The monoisotopic (exact) mass is 332 g/mol. The highest BCUT2D eigenvalue weighted by Crippen LogP contribution is 2.30. The van der Waals surface area contributed by atoms with Crippen LogP contribution in [0.25, 0.3) is 11.1 Å². The van der Waals surface area contributed by atoms with Crippen LogP contribution in [0.2, 0.25) is 5.02 Å². The van der Waals surface area contributed by atoms with Crippen molar-refractivity contribution in [1.82, 2.24) is 9.97 Å². The third-order valence-corrected chi connectivity index (χ3v) is 4.03. The van der Waals surface area contributed by atoms with E-state index in [0.717, 1.165) is 48.4 Å². The van der Waals surface area contributed by atoms with Crippen molar-refractivity contribution >= 4 is 11.6 Å². The summed E-state index contributed by atoms with van der Waals surface area (Å²) in [6.45, 7) is 5.04. The predicted octanol–water partition coefficient (Wildman–Crippen LogP) is 5.71. The van der Waals surface area contributed by atoms with E-state index in [1.54, 1.807) is 0 Å². The summed E-state index contributed by atoms with van der Waals surface area (Å²) in [7, 11) is 0. The van der Waals surface area contributed by atoms with Crippen molar-refractivity contribution in [2.24, 2.45) is 0 Å². The summed E-state index contributed by atoms with van der Waals surface area (Å²) in [5.74, 6) is 1.65. The van der Waals surface area contributed by atoms with Crippen LogP contribution in [0.4, 0.5) is 0 Å². The highest BCUT2D eigenvalue weighted by molar-refractivity contribution is 6.32. The van der Waals surface area contributed by atoms with E-state index in [-0.39, 0.29) is 0 Å². The maximum Gasteiger partial charge on any atom is 0.137 e. The summed E-state index contributed by atoms with van der Waals surface area (Å²) in [6.07, 6.45) is 10.4. The Morgan fingerprint density at radius 1 is 0.957 bits per heavy atom. The van der Waals surface area contributed by atoms with E-state index in [0.29, 0.717) is 11.6 Å². The van der Waals surface area contributed by atoms with Gasteiger partial charge in [0.1, 0.15) is 11.6 Å². The number of halogens is 1. The lowest BCUT2D eigenvalue weighted by molar-refractivity contribution is 0.309. The van der Waals surface area contributed by atoms with Crippen LogP contribution in [0.5, 0.6) is 5.75 Å². The fraction of sp³-hybridized carbons (Fsp3) is 0.474. The number of hydrogen-bond donors (Lipinski definition) is 0. The molecule has 0 N–H and O–H groups in total. The van der Waals surface area contributed by atoms with Crippen LogP contribution in [0, 0.1) is 0 Å². The molecule has 0 spiro atoms. The fourth-order valence-electron chi connectivity index (χ4n) is 2.29. The molecule has 0 aliphatic carbocycles. The van der Waals surface area contributed by atoms with Gasteiger partial charge in [0.25, 0.3) is 0 Å². The zero-order valence-corrected chi connectivity index (χ0v) is 14.8. The van der Waals surface area contributed by atoms with Gasteiger partial charge in [-0.05, 0) is 30.5 Å². The Kier molecular flexibility index (Phi) is 7.34. The standard InChI is InChI=1S/C19H25ClN2O/c1-3-5-7-8-19-21-13-16(14-22-19)15-9-10-18(17(20)12-15)23-11-6-4-2/h9-10,12-14H,3-8,11H2,1-2H3. The van der Waals surface area contributed by atoms with Crippen molar-refractivity contribution in [2.75, 3.05) is 6.61 Å². The number of nitrogens with zero attached hydrogens (tertiary/aromatic N) is 2. The van der Waals surface area contributed by atoms with Crippen molar-refractivity contribution < 1.29 is 4.74 Å². The van der Waals surface area contributed by atoms with Crippen LogP contribution in [0.3, 0.4) is 0 Å². The van der Waals surface area contributed by atoms with Crippen LogP contribution in [0.1, 0.15) is 51.8 Å². The Bertz CT molecular complexity index is 599. The van der Waals surface area contributed by atoms with Crippen LogP contribution < -0.4 is 4.74 Å². The molecule has 0 unspecified atom stereocenters. The molecule has 2 aromatic rings. The lowest BCUT2D eigenvalue weighted by Crippen LogP contribution is -1.97. The molecule has 0 fully saturated rings. The molecule has 2 rings (SSSR count). The minimum absolute atomic E-state index is 0.630. The first-order chi connectivity index (χ1) is 11.2. The van der Waals surface area contributed by atoms with Gasteiger partial charge < -0.3 is 4.74 Å². The van der Waals surface area contributed by atoms with E-state index < -0.39 is 0 Å². The molecule has 1 heterocycles. The molecule has 1 aromatic heterocycles. The van der Waals surface area contributed by atoms with Crippen LogP contribution in [-0.2, 0) is 6.42 Å². The van der Waals surface area contributed by atoms with Crippen LogP contribution in [0.15, 0.2) is 30.6 Å². The number of rotatable bonds is 9. The molecule has 23 heavy (non-hydrogen) atoms. The molecule has 0 bridgehead atoms. The van der Waals surface area contributed by atoms with Crippen molar-refractivity contribution in [3.05, 3.63) is 41.4 Å². The number of benzene rings is 1. The van der Waals surface area contributed by atoms with Crippen molar-refractivity contribution in [3.63, 3.8) is 0 Å². The van der Waals surface area contributed by atoms with Gasteiger partial charge in [0.15, 0.2) is 0 Å². The topological polar surface area (TPSA) is 35.0 Å². The molecule has 4 heteroatoms. The SMILES string of the molecule is CCCCCc1ncc(-c2ccc(OCCCC)c(Cl)c2)cn1. The summed E-state index contributed by atoms with van der Waals surface area (Å²) in [5, 5.41) is 0.630. The molecule has 3 nitrogen and oxygen atoms in total. The largest absolute Gasteiger partial charge is 0.492 e. The number of aromatic nitrogens is 2. The molecule has 0 radical (unpaired) electrons. The first kappa shape index (κ1) is 17.7. The maximum absolute atomic E-state index is 6.31. The van der Waals surface area contributed by atoms with Gasteiger partial charge >= 0.3 is 0 Å². The molecule has 1 aromatic carbocycles. The summed E-state index contributed by atoms with van der Waals surface area (Å²) < 4.78 is 5.68. The van der Waals surface area contributed by atoms with E-state index in [2.05, 4.69) is 23.8 Å². The first-order valence-electron chi connectivity index (χ1n) is 8.48. The molecule has 0 saturated heterocycles. The van der Waals surface area contributed by atoms with Crippen LogP contribution >= 0.6 is 11.6 Å². The van der Waals surface area contributed by atoms with Crippen LogP contribution in [-0.4, -0.2) is 16.6 Å². The lowest BCUT2D eigenvalue weighted by Gasteiger charge is -2.09. The first-order valence-corrected chi connectivity index (χ1v) is 8.86. The Labute approximate surface area is 144 Å². The summed E-state index contributed by atoms with van der Waals surface area (Å²) in [4.78, 5) is 8.91. The Morgan fingerprint density at radius 2 is 1.70 bits per heavy atom. The van der Waals surface area contributed by atoms with E-state index in [9.17, 15) is 0 Å². The summed E-state index contributed by atoms with van der Waals surface area (Å²) in [6, 6.07) is 5.84. The minimum Gasteiger partial charge on any atom is -0.492 e. The van der Waals surface area contributed by atoms with Gasteiger partial charge in [-0.15, -0.1) is 0 Å². The highest BCUT2D eigenvalue weighted by atomic mass is 35.5. The van der Waals surface area contributed by atoms with Gasteiger partial charge in [-0.3, -0.25) is 0 Å². The smallest absolute Gasteiger partial charge is 0.137 e. The number of unbranched alkanes of at least 4 members (excludes halogenated alkanes) is 3. The summed E-state index contributed by atoms with van der Waals surface area (Å²) in [5.41, 5.74) is 1.99. The second-order valence-corrected chi connectivity index (χ2v) is 6.10.